The van der Waals surface area contributed by atoms with Crippen molar-refractivity contribution >= 4 is 17.5 Å². The van der Waals surface area contributed by atoms with Gasteiger partial charge >= 0.3 is 0 Å². The molecule has 0 saturated heterocycles. The van der Waals surface area contributed by atoms with E-state index in [9.17, 15) is 4.79 Å². The van der Waals surface area contributed by atoms with Crippen molar-refractivity contribution in [3.8, 4) is 0 Å². The first-order valence-electron chi connectivity index (χ1n) is 5.82. The first-order valence-corrected chi connectivity index (χ1v) is 6.20. The van der Waals surface area contributed by atoms with Crippen molar-refractivity contribution in [2.45, 2.75) is 25.4 Å². The van der Waals surface area contributed by atoms with Crippen LogP contribution in [0.2, 0.25) is 5.02 Å². The number of rotatable bonds is 6. The van der Waals surface area contributed by atoms with Crippen molar-refractivity contribution in [1.82, 2.24) is 5.32 Å². The molecule has 1 amide bonds. The summed E-state index contributed by atoms with van der Waals surface area (Å²) in [7, 11) is 1.52. The highest BCUT2D eigenvalue weighted by atomic mass is 35.5. The van der Waals surface area contributed by atoms with Crippen molar-refractivity contribution in [3.05, 3.63) is 34.9 Å². The molecule has 0 bridgehead atoms. The molecular weight excluding hydrogens is 252 g/mol. The Balaban J connectivity index is 2.43. The molecule has 0 aliphatic heterocycles. The van der Waals surface area contributed by atoms with Crippen LogP contribution in [0, 0.1) is 0 Å². The van der Waals surface area contributed by atoms with E-state index in [1.807, 2.05) is 31.2 Å². The molecular formula is C13H19ClN2O2. The highest BCUT2D eigenvalue weighted by Crippen LogP contribution is 2.11. The summed E-state index contributed by atoms with van der Waals surface area (Å²) in [5.74, 6) is -0.196. The average Bonchev–Trinajstić information content (AvgIpc) is 2.32. The topological polar surface area (TPSA) is 64.3 Å². The Hall–Kier alpha value is -1.10. The van der Waals surface area contributed by atoms with Crippen molar-refractivity contribution in [1.29, 1.82) is 0 Å². The number of hydrogen-bond acceptors (Lipinski definition) is 3. The largest absolute Gasteiger partial charge is 0.383 e. The number of nitrogens with two attached hydrogens (primary N) is 1. The average molecular weight is 271 g/mol. The van der Waals surface area contributed by atoms with Crippen molar-refractivity contribution in [2.75, 3.05) is 13.7 Å². The Morgan fingerprint density at radius 3 is 2.61 bits per heavy atom. The molecule has 0 radical (unpaired) electrons. The van der Waals surface area contributed by atoms with Gasteiger partial charge in [0, 0.05) is 18.2 Å². The third kappa shape index (κ3) is 5.04. The third-order valence-electron chi connectivity index (χ3n) is 2.53. The summed E-state index contributed by atoms with van der Waals surface area (Å²) in [5.41, 5.74) is 6.75. The minimum atomic E-state index is -0.623. The molecule has 0 heterocycles. The number of amides is 1. The van der Waals surface area contributed by atoms with Gasteiger partial charge in [-0.05, 0) is 31.0 Å². The molecule has 5 heteroatoms. The van der Waals surface area contributed by atoms with E-state index in [2.05, 4.69) is 5.32 Å². The van der Waals surface area contributed by atoms with Crippen LogP contribution in [0.15, 0.2) is 24.3 Å². The lowest BCUT2D eigenvalue weighted by molar-refractivity contribution is -0.124. The Labute approximate surface area is 112 Å². The zero-order valence-corrected chi connectivity index (χ0v) is 11.4. The molecule has 0 aliphatic carbocycles. The van der Waals surface area contributed by atoms with Crippen molar-refractivity contribution < 1.29 is 9.53 Å². The van der Waals surface area contributed by atoms with Gasteiger partial charge in [0.1, 0.15) is 6.04 Å². The van der Waals surface area contributed by atoms with Gasteiger partial charge in [0.25, 0.3) is 0 Å². The summed E-state index contributed by atoms with van der Waals surface area (Å²) in [6, 6.07) is 6.95. The molecule has 1 aromatic carbocycles. The predicted molar refractivity (Wildman–Crippen MR) is 72.6 cm³/mol. The number of benzene rings is 1. The van der Waals surface area contributed by atoms with Gasteiger partial charge in [0.2, 0.25) is 5.91 Å². The standard InChI is InChI=1S/C13H19ClN2O2/c1-9(16-13(17)12(15)8-18-2)7-10-3-5-11(14)6-4-10/h3-6,9,12H,7-8,15H2,1-2H3,(H,16,17). The second kappa shape index (κ2) is 7.36. The zero-order valence-electron chi connectivity index (χ0n) is 10.7. The smallest absolute Gasteiger partial charge is 0.239 e. The SMILES string of the molecule is COCC(N)C(=O)NC(C)Cc1ccc(Cl)cc1. The lowest BCUT2D eigenvalue weighted by Crippen LogP contribution is -2.47. The van der Waals surface area contributed by atoms with E-state index in [4.69, 9.17) is 22.1 Å². The Bertz CT molecular complexity index is 381. The molecule has 0 fully saturated rings. The fourth-order valence-electron chi connectivity index (χ4n) is 1.63. The highest BCUT2D eigenvalue weighted by molar-refractivity contribution is 6.30. The number of halogens is 1. The molecule has 2 unspecified atom stereocenters. The van der Waals surface area contributed by atoms with Crippen LogP contribution in [0.4, 0.5) is 0 Å². The van der Waals surface area contributed by atoms with E-state index in [1.165, 1.54) is 7.11 Å². The van der Waals surface area contributed by atoms with Gasteiger partial charge in [0.15, 0.2) is 0 Å². The van der Waals surface area contributed by atoms with Crippen LogP contribution >= 0.6 is 11.6 Å². The van der Waals surface area contributed by atoms with Gasteiger partial charge in [-0.15, -0.1) is 0 Å². The van der Waals surface area contributed by atoms with E-state index in [-0.39, 0.29) is 18.6 Å². The van der Waals surface area contributed by atoms with E-state index in [0.717, 1.165) is 12.0 Å². The lowest BCUT2D eigenvalue weighted by atomic mass is 10.1. The summed E-state index contributed by atoms with van der Waals surface area (Å²) in [6.07, 6.45) is 0.739. The molecule has 18 heavy (non-hydrogen) atoms. The Morgan fingerprint density at radius 2 is 2.06 bits per heavy atom. The van der Waals surface area contributed by atoms with Crippen LogP contribution in [0.3, 0.4) is 0 Å². The minimum absolute atomic E-state index is 0.0154. The molecule has 100 valence electrons. The first kappa shape index (κ1) is 15.0. The van der Waals surface area contributed by atoms with Gasteiger partial charge in [-0.3, -0.25) is 4.79 Å². The molecule has 0 spiro atoms. The van der Waals surface area contributed by atoms with Crippen LogP contribution in [0.1, 0.15) is 12.5 Å². The number of methoxy groups -OCH3 is 1. The second-order valence-corrected chi connectivity index (χ2v) is 4.74. The molecule has 4 nitrogen and oxygen atoms in total. The Kier molecular flexibility index (Phi) is 6.12. The van der Waals surface area contributed by atoms with Crippen LogP contribution in [-0.2, 0) is 16.0 Å². The highest BCUT2D eigenvalue weighted by Gasteiger charge is 2.15. The maximum Gasteiger partial charge on any atom is 0.239 e. The maximum absolute atomic E-state index is 11.7. The van der Waals surface area contributed by atoms with Gasteiger partial charge in [0.05, 0.1) is 6.61 Å². The van der Waals surface area contributed by atoms with Crippen LogP contribution in [-0.4, -0.2) is 31.7 Å². The molecule has 2 atom stereocenters. The normalized spacial score (nSPS) is 14.0. The number of nitrogens with one attached hydrogen (secondary N) is 1. The number of carbonyl (C=O) groups excluding carboxylic acids is 1. The number of ether oxygens (including phenoxy) is 1. The van der Waals surface area contributed by atoms with E-state index >= 15 is 0 Å². The van der Waals surface area contributed by atoms with Gasteiger partial charge < -0.3 is 15.8 Å². The lowest BCUT2D eigenvalue weighted by Gasteiger charge is -2.17. The maximum atomic E-state index is 11.7. The first-order chi connectivity index (χ1) is 8.52. The summed E-state index contributed by atoms with van der Waals surface area (Å²) in [6.45, 7) is 2.16. The molecule has 1 rings (SSSR count). The molecule has 0 saturated carbocycles. The van der Waals surface area contributed by atoms with Crippen LogP contribution in [0.25, 0.3) is 0 Å². The third-order valence-corrected chi connectivity index (χ3v) is 2.78. The fourth-order valence-corrected chi connectivity index (χ4v) is 1.76. The summed E-state index contributed by atoms with van der Waals surface area (Å²) in [5, 5.41) is 3.56. The van der Waals surface area contributed by atoms with E-state index in [1.54, 1.807) is 0 Å². The fraction of sp³-hybridized carbons (Fsp3) is 0.462. The van der Waals surface area contributed by atoms with Crippen molar-refractivity contribution in [3.63, 3.8) is 0 Å². The van der Waals surface area contributed by atoms with E-state index < -0.39 is 6.04 Å². The minimum Gasteiger partial charge on any atom is -0.383 e. The second-order valence-electron chi connectivity index (χ2n) is 4.30. The van der Waals surface area contributed by atoms with Crippen LogP contribution in [0.5, 0.6) is 0 Å². The van der Waals surface area contributed by atoms with Gasteiger partial charge in [-0.2, -0.15) is 0 Å². The predicted octanol–water partition coefficient (Wildman–Crippen LogP) is 1.36. The number of carbonyl (C=O) groups is 1. The summed E-state index contributed by atoms with van der Waals surface area (Å²) < 4.78 is 4.84. The Morgan fingerprint density at radius 1 is 1.44 bits per heavy atom. The number of hydrogen-bond donors (Lipinski definition) is 2. The van der Waals surface area contributed by atoms with Gasteiger partial charge in [-0.25, -0.2) is 0 Å². The van der Waals surface area contributed by atoms with E-state index in [0.29, 0.717) is 5.02 Å². The van der Waals surface area contributed by atoms with Gasteiger partial charge in [-0.1, -0.05) is 23.7 Å². The van der Waals surface area contributed by atoms with Crippen molar-refractivity contribution in [2.24, 2.45) is 5.73 Å². The van der Waals surface area contributed by atoms with Crippen LogP contribution < -0.4 is 11.1 Å². The summed E-state index contributed by atoms with van der Waals surface area (Å²) in [4.78, 5) is 11.7. The quantitative estimate of drug-likeness (QED) is 0.820. The molecule has 3 N–H and O–H groups in total. The molecule has 0 aliphatic rings. The zero-order chi connectivity index (χ0) is 13.5. The molecule has 1 aromatic rings. The monoisotopic (exact) mass is 270 g/mol. The molecule has 0 aromatic heterocycles. The summed E-state index contributed by atoms with van der Waals surface area (Å²) >= 11 is 5.81.